The number of hydrogen-bond acceptors (Lipinski definition) is 3. The summed E-state index contributed by atoms with van der Waals surface area (Å²) in [5.74, 6) is -0.391. The SMILES string of the molecule is CCc1nn(CC)c(CN2CC(CC(=O)O)C2)c1Br. The summed E-state index contributed by atoms with van der Waals surface area (Å²) < 4.78 is 3.14. The normalized spacial score (nSPS) is 16.6. The Kier molecular flexibility index (Phi) is 4.62. The van der Waals surface area contributed by atoms with Crippen LogP contribution in [0, 0.1) is 5.92 Å². The minimum Gasteiger partial charge on any atom is -0.481 e. The first kappa shape index (κ1) is 14.5. The van der Waals surface area contributed by atoms with Gasteiger partial charge in [0.2, 0.25) is 0 Å². The molecule has 2 rings (SSSR count). The van der Waals surface area contributed by atoms with Gasteiger partial charge < -0.3 is 5.11 Å². The van der Waals surface area contributed by atoms with Crippen molar-refractivity contribution >= 4 is 21.9 Å². The number of carbonyl (C=O) groups is 1. The zero-order chi connectivity index (χ0) is 14.0. The van der Waals surface area contributed by atoms with Gasteiger partial charge in [0.1, 0.15) is 0 Å². The molecule has 1 aliphatic rings. The van der Waals surface area contributed by atoms with Crippen LogP contribution in [-0.2, 0) is 24.3 Å². The molecule has 0 aliphatic carbocycles. The number of aromatic nitrogens is 2. The van der Waals surface area contributed by atoms with Crippen molar-refractivity contribution in [3.8, 4) is 0 Å². The summed E-state index contributed by atoms with van der Waals surface area (Å²) in [4.78, 5) is 12.9. The maximum atomic E-state index is 10.6. The maximum absolute atomic E-state index is 10.6. The van der Waals surface area contributed by atoms with E-state index in [4.69, 9.17) is 5.11 Å². The van der Waals surface area contributed by atoms with Crippen LogP contribution >= 0.6 is 15.9 Å². The number of halogens is 1. The largest absolute Gasteiger partial charge is 0.481 e. The maximum Gasteiger partial charge on any atom is 0.303 e. The Hall–Kier alpha value is -0.880. The van der Waals surface area contributed by atoms with E-state index in [1.54, 1.807) is 0 Å². The molecule has 19 heavy (non-hydrogen) atoms. The van der Waals surface area contributed by atoms with E-state index in [1.807, 2.05) is 4.68 Å². The molecule has 6 heteroatoms. The summed E-state index contributed by atoms with van der Waals surface area (Å²) in [6.07, 6.45) is 1.20. The number of aryl methyl sites for hydroxylation is 2. The van der Waals surface area contributed by atoms with Crippen molar-refractivity contribution in [2.45, 2.75) is 39.8 Å². The van der Waals surface area contributed by atoms with Crippen molar-refractivity contribution in [2.75, 3.05) is 13.1 Å². The Morgan fingerprint density at radius 3 is 2.68 bits per heavy atom. The second-order valence-electron chi connectivity index (χ2n) is 5.03. The summed E-state index contributed by atoms with van der Waals surface area (Å²) in [6, 6.07) is 0. The number of aliphatic carboxylic acids is 1. The molecular weight excluding hydrogens is 310 g/mol. The quantitative estimate of drug-likeness (QED) is 0.868. The van der Waals surface area contributed by atoms with Gasteiger partial charge in [-0.25, -0.2) is 0 Å². The second-order valence-corrected chi connectivity index (χ2v) is 5.83. The second kappa shape index (κ2) is 6.05. The Bertz CT molecular complexity index is 467. The molecule has 106 valence electrons. The third-order valence-corrected chi connectivity index (χ3v) is 4.48. The van der Waals surface area contributed by atoms with Crippen molar-refractivity contribution in [1.82, 2.24) is 14.7 Å². The van der Waals surface area contributed by atoms with Crippen molar-refractivity contribution in [2.24, 2.45) is 5.92 Å². The molecule has 1 saturated heterocycles. The van der Waals surface area contributed by atoms with Crippen molar-refractivity contribution < 1.29 is 9.90 Å². The van der Waals surface area contributed by atoms with Crippen LogP contribution in [0.3, 0.4) is 0 Å². The topological polar surface area (TPSA) is 58.4 Å². The highest BCUT2D eigenvalue weighted by molar-refractivity contribution is 9.10. The summed E-state index contributed by atoms with van der Waals surface area (Å²) in [5.41, 5.74) is 2.30. The van der Waals surface area contributed by atoms with Crippen molar-refractivity contribution in [1.29, 1.82) is 0 Å². The standard InChI is InChI=1S/C13H20BrN3O2/c1-3-10-13(14)11(17(4-2)15-10)8-16-6-9(7-16)5-12(18)19/h9H,3-8H2,1-2H3,(H,18,19). The molecule has 0 unspecified atom stereocenters. The first-order valence-corrected chi connectivity index (χ1v) is 7.52. The first-order chi connectivity index (χ1) is 9.05. The zero-order valence-corrected chi connectivity index (χ0v) is 13.0. The van der Waals surface area contributed by atoms with Gasteiger partial charge in [0.15, 0.2) is 0 Å². The van der Waals surface area contributed by atoms with Crippen LogP contribution in [0.4, 0.5) is 0 Å². The molecule has 5 nitrogen and oxygen atoms in total. The minimum atomic E-state index is -0.697. The molecule has 1 aliphatic heterocycles. The Morgan fingerprint density at radius 1 is 1.47 bits per heavy atom. The molecule has 2 heterocycles. The van der Waals surface area contributed by atoms with Crippen LogP contribution < -0.4 is 0 Å². The fraction of sp³-hybridized carbons (Fsp3) is 0.692. The molecule has 0 amide bonds. The van der Waals surface area contributed by atoms with Gasteiger partial charge in [0.05, 0.1) is 22.3 Å². The number of hydrogen-bond donors (Lipinski definition) is 1. The highest BCUT2D eigenvalue weighted by Gasteiger charge is 2.30. The lowest BCUT2D eigenvalue weighted by Crippen LogP contribution is -2.47. The van der Waals surface area contributed by atoms with Crippen LogP contribution in [-0.4, -0.2) is 38.8 Å². The lowest BCUT2D eigenvalue weighted by atomic mass is 9.96. The lowest BCUT2D eigenvalue weighted by molar-refractivity contribution is -0.139. The molecular formula is C13H20BrN3O2. The van der Waals surface area contributed by atoms with E-state index in [9.17, 15) is 4.79 Å². The molecule has 0 radical (unpaired) electrons. The number of carboxylic acids is 1. The average Bonchev–Trinajstić information content (AvgIpc) is 2.62. The summed E-state index contributed by atoms with van der Waals surface area (Å²) in [5, 5.41) is 13.3. The van der Waals surface area contributed by atoms with Gasteiger partial charge in [-0.1, -0.05) is 6.92 Å². The molecule has 0 spiro atoms. The van der Waals surface area contributed by atoms with Gasteiger partial charge in [0, 0.05) is 26.2 Å². The predicted octanol–water partition coefficient (Wildman–Crippen LogP) is 2.13. The van der Waals surface area contributed by atoms with Crippen LogP contribution in [0.15, 0.2) is 4.47 Å². The van der Waals surface area contributed by atoms with Gasteiger partial charge >= 0.3 is 5.97 Å². The van der Waals surface area contributed by atoms with Gasteiger partial charge in [0.25, 0.3) is 0 Å². The van der Waals surface area contributed by atoms with Crippen molar-refractivity contribution in [3.63, 3.8) is 0 Å². The van der Waals surface area contributed by atoms with E-state index in [2.05, 4.69) is 39.8 Å². The van der Waals surface area contributed by atoms with Gasteiger partial charge in [-0.15, -0.1) is 0 Å². The van der Waals surface area contributed by atoms with Gasteiger partial charge in [-0.2, -0.15) is 5.10 Å². The van der Waals surface area contributed by atoms with Crippen LogP contribution in [0.5, 0.6) is 0 Å². The van der Waals surface area contributed by atoms with Crippen molar-refractivity contribution in [3.05, 3.63) is 15.9 Å². The molecule has 1 aromatic heterocycles. The van der Waals surface area contributed by atoms with Gasteiger partial charge in [-0.05, 0) is 35.2 Å². The Morgan fingerprint density at radius 2 is 2.16 bits per heavy atom. The Balaban J connectivity index is 1.97. The fourth-order valence-electron chi connectivity index (χ4n) is 2.56. The van der Waals surface area contributed by atoms with E-state index in [1.165, 1.54) is 5.69 Å². The number of likely N-dealkylation sites (tertiary alicyclic amines) is 1. The summed E-state index contributed by atoms with van der Waals surface area (Å²) in [6.45, 7) is 7.64. The molecule has 0 bridgehead atoms. The highest BCUT2D eigenvalue weighted by atomic mass is 79.9. The number of rotatable bonds is 6. The minimum absolute atomic E-state index is 0.283. The number of carboxylic acid groups (broad SMARTS) is 1. The molecule has 0 atom stereocenters. The van der Waals surface area contributed by atoms with Crippen LogP contribution in [0.1, 0.15) is 31.7 Å². The monoisotopic (exact) mass is 329 g/mol. The predicted molar refractivity (Wildman–Crippen MR) is 76.0 cm³/mol. The van der Waals surface area contributed by atoms with E-state index < -0.39 is 5.97 Å². The smallest absolute Gasteiger partial charge is 0.303 e. The van der Waals surface area contributed by atoms with E-state index in [-0.39, 0.29) is 6.42 Å². The number of nitrogens with zero attached hydrogens (tertiary/aromatic N) is 3. The average molecular weight is 330 g/mol. The zero-order valence-electron chi connectivity index (χ0n) is 11.4. The van der Waals surface area contributed by atoms with E-state index >= 15 is 0 Å². The fourth-order valence-corrected chi connectivity index (χ4v) is 3.25. The third-order valence-electron chi connectivity index (χ3n) is 3.56. The van der Waals surface area contributed by atoms with Crippen LogP contribution in [0.25, 0.3) is 0 Å². The lowest BCUT2D eigenvalue weighted by Gasteiger charge is -2.38. The molecule has 0 saturated carbocycles. The summed E-state index contributed by atoms with van der Waals surface area (Å²) in [7, 11) is 0. The highest BCUT2D eigenvalue weighted by Crippen LogP contribution is 2.27. The van der Waals surface area contributed by atoms with Crippen LogP contribution in [0.2, 0.25) is 0 Å². The third kappa shape index (κ3) is 3.17. The summed E-state index contributed by atoms with van der Waals surface area (Å²) >= 11 is 3.64. The van der Waals surface area contributed by atoms with E-state index in [0.717, 1.165) is 42.8 Å². The molecule has 1 fully saturated rings. The van der Waals surface area contributed by atoms with E-state index in [0.29, 0.717) is 5.92 Å². The first-order valence-electron chi connectivity index (χ1n) is 6.73. The molecule has 1 aromatic rings. The van der Waals surface area contributed by atoms with Gasteiger partial charge in [-0.3, -0.25) is 14.4 Å². The Labute approximate surface area is 121 Å². The molecule has 1 N–H and O–H groups in total. The molecule has 0 aromatic carbocycles.